The van der Waals surface area contributed by atoms with Gasteiger partial charge in [-0.1, -0.05) is 29.8 Å². The summed E-state index contributed by atoms with van der Waals surface area (Å²) in [5.41, 5.74) is 4.80. The molecule has 0 amide bonds. The molecule has 2 aromatic carbocycles. The molecule has 0 aromatic heterocycles. The van der Waals surface area contributed by atoms with Crippen LogP contribution in [0.25, 0.3) is 0 Å². The van der Waals surface area contributed by atoms with Crippen LogP contribution in [0, 0.1) is 18.7 Å². The first kappa shape index (κ1) is 13.8. The third-order valence-electron chi connectivity index (χ3n) is 4.85. The lowest BCUT2D eigenvalue weighted by Crippen LogP contribution is -2.36. The molecule has 0 radical (unpaired) electrons. The topological polar surface area (TPSA) is 21.3 Å². The summed E-state index contributed by atoms with van der Waals surface area (Å²) in [6, 6.07) is 13.5. The highest BCUT2D eigenvalue weighted by Crippen LogP contribution is 2.49. The van der Waals surface area contributed by atoms with E-state index >= 15 is 0 Å². The van der Waals surface area contributed by atoms with Gasteiger partial charge >= 0.3 is 0 Å². The van der Waals surface area contributed by atoms with Crippen molar-refractivity contribution in [2.75, 3.05) is 11.9 Å². The van der Waals surface area contributed by atoms with Crippen molar-refractivity contribution in [1.82, 2.24) is 0 Å². The lowest BCUT2D eigenvalue weighted by atomic mass is 9.77. The molecule has 2 nitrogen and oxygen atoms in total. The Labute approximate surface area is 130 Å². The standard InChI is InChI=1S/C19H20FNO/c1-12-4-9-17-16(11-12)19-15(3-2-10-22-19)18(21-17)13-5-7-14(20)8-6-13/h4-9,11,15,18-19,21H,2-3,10H2,1H3/t15-,18+,19+/m0/s1. The van der Waals surface area contributed by atoms with Gasteiger partial charge in [0.15, 0.2) is 0 Å². The number of aryl methyl sites for hydroxylation is 1. The van der Waals surface area contributed by atoms with Gasteiger partial charge in [-0.25, -0.2) is 4.39 Å². The van der Waals surface area contributed by atoms with Crippen molar-refractivity contribution in [2.24, 2.45) is 5.92 Å². The number of benzene rings is 2. The minimum atomic E-state index is -0.188. The smallest absolute Gasteiger partial charge is 0.123 e. The Morgan fingerprint density at radius 1 is 1.14 bits per heavy atom. The molecule has 4 rings (SSSR count). The van der Waals surface area contributed by atoms with Gasteiger partial charge in [0.1, 0.15) is 5.82 Å². The molecule has 2 heterocycles. The zero-order valence-electron chi connectivity index (χ0n) is 12.7. The quantitative estimate of drug-likeness (QED) is 0.818. The van der Waals surface area contributed by atoms with Gasteiger partial charge in [-0.05, 0) is 43.5 Å². The van der Waals surface area contributed by atoms with Crippen LogP contribution in [0.15, 0.2) is 42.5 Å². The first-order chi connectivity index (χ1) is 10.7. The van der Waals surface area contributed by atoms with Crippen LogP contribution in [0.4, 0.5) is 10.1 Å². The van der Waals surface area contributed by atoms with Crippen molar-refractivity contribution in [3.05, 3.63) is 65.0 Å². The van der Waals surface area contributed by atoms with Crippen LogP contribution in [0.2, 0.25) is 0 Å². The minimum absolute atomic E-state index is 0.139. The molecule has 0 aliphatic carbocycles. The molecular formula is C19H20FNO. The van der Waals surface area contributed by atoms with E-state index in [1.165, 1.54) is 11.1 Å². The van der Waals surface area contributed by atoms with Gasteiger partial charge in [0, 0.05) is 23.8 Å². The Hall–Kier alpha value is -1.87. The number of hydrogen-bond donors (Lipinski definition) is 1. The van der Waals surface area contributed by atoms with Gasteiger partial charge in [0.2, 0.25) is 0 Å². The van der Waals surface area contributed by atoms with Crippen molar-refractivity contribution in [2.45, 2.75) is 31.9 Å². The third-order valence-corrected chi connectivity index (χ3v) is 4.85. The van der Waals surface area contributed by atoms with E-state index < -0.39 is 0 Å². The fraction of sp³-hybridized carbons (Fsp3) is 0.368. The van der Waals surface area contributed by atoms with Crippen LogP contribution in [0.1, 0.15) is 41.7 Å². The molecule has 22 heavy (non-hydrogen) atoms. The number of nitrogens with one attached hydrogen (secondary N) is 1. The number of hydrogen-bond acceptors (Lipinski definition) is 2. The van der Waals surface area contributed by atoms with Crippen molar-refractivity contribution in [1.29, 1.82) is 0 Å². The van der Waals surface area contributed by atoms with E-state index in [0.29, 0.717) is 5.92 Å². The molecule has 0 unspecified atom stereocenters. The molecule has 3 heteroatoms. The lowest BCUT2D eigenvalue weighted by molar-refractivity contribution is -0.0381. The minimum Gasteiger partial charge on any atom is -0.378 e. The molecule has 114 valence electrons. The molecule has 1 N–H and O–H groups in total. The highest BCUT2D eigenvalue weighted by molar-refractivity contribution is 5.58. The van der Waals surface area contributed by atoms with E-state index in [1.807, 2.05) is 12.1 Å². The van der Waals surface area contributed by atoms with Crippen LogP contribution in [-0.2, 0) is 4.74 Å². The van der Waals surface area contributed by atoms with E-state index in [4.69, 9.17) is 4.74 Å². The van der Waals surface area contributed by atoms with Crippen LogP contribution in [0.3, 0.4) is 0 Å². The largest absolute Gasteiger partial charge is 0.378 e. The van der Waals surface area contributed by atoms with Crippen molar-refractivity contribution < 1.29 is 9.13 Å². The average molecular weight is 297 g/mol. The maximum Gasteiger partial charge on any atom is 0.123 e. The number of fused-ring (bicyclic) bond motifs is 3. The highest BCUT2D eigenvalue weighted by atomic mass is 19.1. The predicted molar refractivity (Wildman–Crippen MR) is 85.4 cm³/mol. The Morgan fingerprint density at radius 2 is 1.95 bits per heavy atom. The summed E-state index contributed by atoms with van der Waals surface area (Å²) in [7, 11) is 0. The Kier molecular flexibility index (Phi) is 3.38. The van der Waals surface area contributed by atoms with Gasteiger partial charge in [0.05, 0.1) is 12.1 Å². The van der Waals surface area contributed by atoms with Crippen LogP contribution in [0.5, 0.6) is 0 Å². The molecule has 3 atom stereocenters. The van der Waals surface area contributed by atoms with Crippen LogP contribution in [-0.4, -0.2) is 6.61 Å². The predicted octanol–water partition coefficient (Wildman–Crippen LogP) is 4.77. The van der Waals surface area contributed by atoms with Crippen molar-refractivity contribution >= 4 is 5.69 Å². The molecule has 0 saturated carbocycles. The Morgan fingerprint density at radius 3 is 2.77 bits per heavy atom. The van der Waals surface area contributed by atoms with Crippen molar-refractivity contribution in [3.63, 3.8) is 0 Å². The first-order valence-corrected chi connectivity index (χ1v) is 7.96. The summed E-state index contributed by atoms with van der Waals surface area (Å²) in [6.45, 7) is 2.94. The summed E-state index contributed by atoms with van der Waals surface area (Å²) < 4.78 is 19.3. The van der Waals surface area contributed by atoms with Gasteiger partial charge in [0.25, 0.3) is 0 Å². The second-order valence-electron chi connectivity index (χ2n) is 6.36. The second kappa shape index (κ2) is 5.40. The fourth-order valence-corrected chi connectivity index (χ4v) is 3.79. The third kappa shape index (κ3) is 2.30. The molecular weight excluding hydrogens is 277 g/mol. The van der Waals surface area contributed by atoms with Crippen LogP contribution >= 0.6 is 0 Å². The van der Waals surface area contributed by atoms with Crippen molar-refractivity contribution in [3.8, 4) is 0 Å². The Balaban J connectivity index is 1.77. The maximum atomic E-state index is 13.2. The molecule has 1 fully saturated rings. The molecule has 0 bridgehead atoms. The fourth-order valence-electron chi connectivity index (χ4n) is 3.79. The van der Waals surface area contributed by atoms with Gasteiger partial charge < -0.3 is 10.1 Å². The molecule has 0 spiro atoms. The SMILES string of the molecule is Cc1ccc2c(c1)[C@@H]1OCCC[C@H]1[C@@H](c1ccc(F)cc1)N2. The summed E-state index contributed by atoms with van der Waals surface area (Å²) in [6.07, 6.45) is 2.36. The summed E-state index contributed by atoms with van der Waals surface area (Å²) in [5.74, 6) is 0.209. The van der Waals surface area contributed by atoms with Crippen LogP contribution < -0.4 is 5.32 Å². The normalized spacial score (nSPS) is 26.7. The molecule has 1 saturated heterocycles. The molecule has 2 aliphatic rings. The first-order valence-electron chi connectivity index (χ1n) is 7.96. The zero-order valence-corrected chi connectivity index (χ0v) is 12.7. The monoisotopic (exact) mass is 297 g/mol. The maximum absolute atomic E-state index is 13.2. The number of anilines is 1. The lowest BCUT2D eigenvalue weighted by Gasteiger charge is -2.43. The van der Waals surface area contributed by atoms with Gasteiger partial charge in [-0.15, -0.1) is 0 Å². The van der Waals surface area contributed by atoms with E-state index in [2.05, 4.69) is 30.4 Å². The van der Waals surface area contributed by atoms with E-state index in [-0.39, 0.29) is 18.0 Å². The summed E-state index contributed by atoms with van der Waals surface area (Å²) in [4.78, 5) is 0. The highest BCUT2D eigenvalue weighted by Gasteiger charge is 2.39. The van der Waals surface area contributed by atoms with Gasteiger partial charge in [-0.2, -0.15) is 0 Å². The molecule has 2 aromatic rings. The average Bonchev–Trinajstić information content (AvgIpc) is 2.55. The Bertz CT molecular complexity index is 682. The zero-order chi connectivity index (χ0) is 15.1. The van der Waals surface area contributed by atoms with E-state index in [0.717, 1.165) is 30.7 Å². The number of ether oxygens (including phenoxy) is 1. The summed E-state index contributed by atoms with van der Waals surface area (Å²) in [5, 5.41) is 3.66. The number of rotatable bonds is 1. The second-order valence-corrected chi connectivity index (χ2v) is 6.36. The number of halogens is 1. The van der Waals surface area contributed by atoms with E-state index in [9.17, 15) is 4.39 Å². The molecule has 2 aliphatic heterocycles. The van der Waals surface area contributed by atoms with Gasteiger partial charge in [-0.3, -0.25) is 0 Å². The summed E-state index contributed by atoms with van der Waals surface area (Å²) >= 11 is 0. The van der Waals surface area contributed by atoms with E-state index in [1.54, 1.807) is 12.1 Å².